The van der Waals surface area contributed by atoms with Crippen molar-refractivity contribution in [1.82, 2.24) is 14.6 Å². The molecule has 0 amide bonds. The zero-order valence-corrected chi connectivity index (χ0v) is 19.0. The average Bonchev–Trinajstić information content (AvgIpc) is 3.25. The predicted octanol–water partition coefficient (Wildman–Crippen LogP) is 3.15. The highest BCUT2D eigenvalue weighted by molar-refractivity contribution is 7.82. The molecule has 3 aromatic carbocycles. The summed E-state index contributed by atoms with van der Waals surface area (Å²) in [6, 6.07) is 19.8. The quantitative estimate of drug-likeness (QED) is 0.304. The number of rotatable bonds is 4. The largest absolute Gasteiger partial charge is 0.870 e. The standard InChI is InChI=1S/C25H21N5O2S.H2O/c26-25(14-32-15-25)18-7-5-16(6-8-18)17-11-28-24-22(12-29-30(24)13-17)20-9-10-23(33(27)31)21-4-2-1-3-19(20)21;/h1-13H,14-15,26H2,(H2,27,31);1H2. The van der Waals surface area contributed by atoms with Crippen LogP contribution in [0.5, 0.6) is 0 Å². The molecule has 2 aromatic heterocycles. The molecule has 9 heteroatoms. The summed E-state index contributed by atoms with van der Waals surface area (Å²) in [6.45, 7) is 1.10. The van der Waals surface area contributed by atoms with E-state index in [2.05, 4.69) is 17.2 Å². The molecule has 0 radical (unpaired) electrons. The van der Waals surface area contributed by atoms with Crippen LogP contribution in [-0.2, 0) is 25.5 Å². The highest BCUT2D eigenvalue weighted by atomic mass is 32.2. The van der Waals surface area contributed by atoms with Crippen molar-refractivity contribution in [2.24, 2.45) is 10.9 Å². The number of ether oxygens (including phenoxy) is 1. The molecule has 1 unspecified atom stereocenters. The number of aromatic nitrogens is 3. The first-order valence-electron chi connectivity index (χ1n) is 10.6. The Kier molecular flexibility index (Phi) is 5.51. The van der Waals surface area contributed by atoms with Gasteiger partial charge in [0.25, 0.3) is 0 Å². The normalized spacial score (nSPS) is 15.6. The van der Waals surface area contributed by atoms with Crippen molar-refractivity contribution >= 4 is 27.4 Å². The molecule has 6 rings (SSSR count). The predicted molar refractivity (Wildman–Crippen MR) is 132 cm³/mol. The summed E-state index contributed by atoms with van der Waals surface area (Å²) in [5.74, 6) is 0. The lowest BCUT2D eigenvalue weighted by molar-refractivity contribution is -0.0569. The molecule has 5 N–H and O–H groups in total. The molecular formula is C25H23N5O3S. The maximum atomic E-state index is 12.0. The summed E-state index contributed by atoms with van der Waals surface area (Å²) in [5, 5.41) is 12.1. The fourth-order valence-electron chi connectivity index (χ4n) is 4.41. The Morgan fingerprint density at radius 1 is 0.912 bits per heavy atom. The minimum Gasteiger partial charge on any atom is -0.870 e. The molecule has 34 heavy (non-hydrogen) atoms. The number of fused-ring (bicyclic) bond motifs is 2. The van der Waals surface area contributed by atoms with E-state index in [1.54, 1.807) is 4.52 Å². The van der Waals surface area contributed by atoms with E-state index >= 15 is 0 Å². The SMILES string of the molecule is N[SH+](=O)c1ccc(-c2cnn3cc(-c4ccc(C5(N)COC5)cc4)cnc23)c2ccccc12.[OH-]. The van der Waals surface area contributed by atoms with Crippen molar-refractivity contribution in [3.8, 4) is 22.3 Å². The van der Waals surface area contributed by atoms with Gasteiger partial charge in [-0.15, -0.1) is 5.14 Å². The van der Waals surface area contributed by atoms with Crippen LogP contribution >= 0.6 is 0 Å². The maximum absolute atomic E-state index is 12.0. The smallest absolute Gasteiger partial charge is 0.182 e. The van der Waals surface area contributed by atoms with Crippen LogP contribution in [0.15, 0.2) is 84.1 Å². The van der Waals surface area contributed by atoms with Crippen molar-refractivity contribution in [2.45, 2.75) is 10.4 Å². The number of hydrogen-bond donors (Lipinski definition) is 2. The zero-order valence-electron chi connectivity index (χ0n) is 18.1. The second-order valence-corrected chi connectivity index (χ2v) is 9.53. The van der Waals surface area contributed by atoms with Gasteiger partial charge in [0.1, 0.15) is 0 Å². The van der Waals surface area contributed by atoms with Gasteiger partial charge in [-0.05, 0) is 40.3 Å². The summed E-state index contributed by atoms with van der Waals surface area (Å²) >= 11 is 0. The Labute approximate surface area is 198 Å². The molecular weight excluding hydrogens is 450 g/mol. The molecule has 1 aliphatic rings. The van der Waals surface area contributed by atoms with Gasteiger partial charge in [0.15, 0.2) is 21.5 Å². The lowest BCUT2D eigenvalue weighted by Crippen LogP contribution is -2.54. The summed E-state index contributed by atoms with van der Waals surface area (Å²) in [7, 11) is -1.94. The van der Waals surface area contributed by atoms with Gasteiger partial charge in [-0.3, -0.25) is 0 Å². The van der Waals surface area contributed by atoms with E-state index in [0.717, 1.165) is 44.2 Å². The summed E-state index contributed by atoms with van der Waals surface area (Å²) in [4.78, 5) is 5.38. The first-order valence-corrected chi connectivity index (χ1v) is 11.9. The van der Waals surface area contributed by atoms with E-state index in [9.17, 15) is 4.21 Å². The molecule has 0 saturated carbocycles. The second kappa shape index (κ2) is 8.39. The van der Waals surface area contributed by atoms with Gasteiger partial charge in [-0.1, -0.05) is 46.7 Å². The Bertz CT molecular complexity index is 1540. The highest BCUT2D eigenvalue weighted by Crippen LogP contribution is 2.34. The van der Waals surface area contributed by atoms with Gasteiger partial charge in [-0.25, -0.2) is 9.50 Å². The van der Waals surface area contributed by atoms with Crippen molar-refractivity contribution in [3.05, 3.63) is 84.8 Å². The van der Waals surface area contributed by atoms with Gasteiger partial charge in [0, 0.05) is 28.9 Å². The monoisotopic (exact) mass is 473 g/mol. The summed E-state index contributed by atoms with van der Waals surface area (Å²) < 4.78 is 19.1. The molecule has 172 valence electrons. The average molecular weight is 474 g/mol. The van der Waals surface area contributed by atoms with Crippen LogP contribution in [0.2, 0.25) is 0 Å². The molecule has 1 fully saturated rings. The van der Waals surface area contributed by atoms with E-state index in [-0.39, 0.29) is 11.0 Å². The number of hydrogen-bond acceptors (Lipinski definition) is 6. The minimum atomic E-state index is -1.94. The Morgan fingerprint density at radius 3 is 2.32 bits per heavy atom. The number of nitrogens with zero attached hydrogens (tertiary/aromatic N) is 3. The van der Waals surface area contributed by atoms with Crippen molar-refractivity contribution in [2.75, 3.05) is 13.2 Å². The second-order valence-electron chi connectivity index (χ2n) is 8.40. The highest BCUT2D eigenvalue weighted by Gasteiger charge is 2.35. The Hall–Kier alpha value is -3.47. The van der Waals surface area contributed by atoms with Crippen LogP contribution in [0.25, 0.3) is 38.7 Å². The molecule has 0 bridgehead atoms. The van der Waals surface area contributed by atoms with E-state index in [1.807, 2.05) is 67.1 Å². The van der Waals surface area contributed by atoms with Crippen LogP contribution in [-0.4, -0.2) is 33.3 Å². The lowest BCUT2D eigenvalue weighted by Gasteiger charge is -2.38. The molecule has 5 aromatic rings. The first-order chi connectivity index (χ1) is 16.0. The van der Waals surface area contributed by atoms with Crippen molar-refractivity contribution in [3.63, 3.8) is 0 Å². The zero-order chi connectivity index (χ0) is 22.6. The van der Waals surface area contributed by atoms with Crippen molar-refractivity contribution < 1.29 is 14.4 Å². The summed E-state index contributed by atoms with van der Waals surface area (Å²) in [6.07, 6.45) is 5.64. The van der Waals surface area contributed by atoms with Crippen molar-refractivity contribution in [1.29, 1.82) is 0 Å². The van der Waals surface area contributed by atoms with E-state index in [4.69, 9.17) is 20.6 Å². The molecule has 1 saturated heterocycles. The molecule has 3 heterocycles. The molecule has 8 nitrogen and oxygen atoms in total. The van der Waals surface area contributed by atoms with E-state index in [0.29, 0.717) is 18.1 Å². The van der Waals surface area contributed by atoms with Crippen LogP contribution in [0.4, 0.5) is 0 Å². The third-order valence-electron chi connectivity index (χ3n) is 6.30. The molecule has 0 aliphatic carbocycles. The third kappa shape index (κ3) is 3.51. The number of nitrogens with two attached hydrogens (primary N) is 2. The van der Waals surface area contributed by atoms with Gasteiger partial charge in [-0.2, -0.15) is 5.10 Å². The molecule has 1 aliphatic heterocycles. The lowest BCUT2D eigenvalue weighted by atomic mass is 9.88. The first kappa shape index (κ1) is 22.3. The third-order valence-corrected chi connectivity index (χ3v) is 7.16. The number of benzene rings is 3. The minimum absolute atomic E-state index is 0. The van der Waals surface area contributed by atoms with Gasteiger partial charge in [0.05, 0.1) is 24.9 Å². The molecule has 0 spiro atoms. The maximum Gasteiger partial charge on any atom is 0.182 e. The fourth-order valence-corrected chi connectivity index (χ4v) is 5.06. The van der Waals surface area contributed by atoms with Crippen LogP contribution in [0.3, 0.4) is 0 Å². The van der Waals surface area contributed by atoms with Gasteiger partial charge >= 0.3 is 0 Å². The topological polar surface area (TPSA) is 139 Å². The van der Waals surface area contributed by atoms with E-state index < -0.39 is 11.0 Å². The van der Waals surface area contributed by atoms with Crippen LogP contribution in [0.1, 0.15) is 5.56 Å². The Morgan fingerprint density at radius 2 is 1.65 bits per heavy atom. The van der Waals surface area contributed by atoms with Crippen LogP contribution in [0, 0.1) is 0 Å². The number of thiol groups is 1. The summed E-state index contributed by atoms with van der Waals surface area (Å²) in [5.41, 5.74) is 11.6. The molecule has 1 atom stereocenters. The van der Waals surface area contributed by atoms with E-state index in [1.165, 1.54) is 0 Å². The fraction of sp³-hybridized carbons (Fsp3) is 0.120. The Balaban J connectivity index is 0.00000241. The van der Waals surface area contributed by atoms with Gasteiger partial charge in [0.2, 0.25) is 0 Å². The van der Waals surface area contributed by atoms with Crippen LogP contribution < -0.4 is 10.9 Å². The van der Waals surface area contributed by atoms with Gasteiger partial charge < -0.3 is 15.9 Å².